The molecule has 2 aromatic carbocycles. The Morgan fingerprint density at radius 2 is 1.71 bits per heavy atom. The normalized spacial score (nSPS) is 20.4. The first-order chi connectivity index (χ1) is 10.0. The van der Waals surface area contributed by atoms with E-state index in [9.17, 15) is 9.59 Å². The Labute approximate surface area is 123 Å². The molecule has 0 aliphatic carbocycles. The molecule has 2 N–H and O–H groups in total. The van der Waals surface area contributed by atoms with Gasteiger partial charge in [0.15, 0.2) is 0 Å². The number of benzene rings is 2. The van der Waals surface area contributed by atoms with Crippen LogP contribution in [-0.2, 0) is 15.0 Å². The van der Waals surface area contributed by atoms with E-state index in [1.54, 1.807) is 11.8 Å². The number of hydrogen-bond acceptors (Lipinski definition) is 2. The van der Waals surface area contributed by atoms with Crippen LogP contribution in [0.1, 0.15) is 18.9 Å². The van der Waals surface area contributed by atoms with Crippen molar-refractivity contribution in [2.45, 2.75) is 18.8 Å². The van der Waals surface area contributed by atoms with Crippen molar-refractivity contribution in [1.82, 2.24) is 0 Å². The Morgan fingerprint density at radius 3 is 2.38 bits per heavy atom. The highest BCUT2D eigenvalue weighted by atomic mass is 16.2. The van der Waals surface area contributed by atoms with Crippen LogP contribution in [0.5, 0.6) is 0 Å². The Balaban J connectivity index is 2.17. The van der Waals surface area contributed by atoms with Crippen LogP contribution in [0.15, 0.2) is 54.6 Å². The lowest BCUT2D eigenvalue weighted by atomic mass is 9.80. The standard InChI is InChI=1S/C17H16N2O2/c1-17(11-15(18)20)13-9-5-6-10-14(13)19(16(17)21)12-7-3-2-4-8-12/h2-10H,11H2,1H3,(H2,18,20). The molecule has 1 atom stereocenters. The van der Waals surface area contributed by atoms with Crippen LogP contribution in [0, 0.1) is 0 Å². The molecule has 0 bridgehead atoms. The van der Waals surface area contributed by atoms with Crippen LogP contribution in [0.2, 0.25) is 0 Å². The Kier molecular flexibility index (Phi) is 3.01. The van der Waals surface area contributed by atoms with E-state index >= 15 is 0 Å². The van der Waals surface area contributed by atoms with Gasteiger partial charge in [0.1, 0.15) is 0 Å². The topological polar surface area (TPSA) is 63.4 Å². The van der Waals surface area contributed by atoms with Gasteiger partial charge in [0, 0.05) is 12.1 Å². The van der Waals surface area contributed by atoms with Crippen molar-refractivity contribution in [2.75, 3.05) is 4.90 Å². The molecule has 3 rings (SSSR count). The molecule has 0 saturated heterocycles. The van der Waals surface area contributed by atoms with Gasteiger partial charge in [-0.25, -0.2) is 0 Å². The van der Waals surface area contributed by atoms with Crippen LogP contribution >= 0.6 is 0 Å². The van der Waals surface area contributed by atoms with Crippen molar-refractivity contribution < 1.29 is 9.59 Å². The van der Waals surface area contributed by atoms with Gasteiger partial charge in [-0.15, -0.1) is 0 Å². The summed E-state index contributed by atoms with van der Waals surface area (Å²) in [6.07, 6.45) is 0.00613. The number of carbonyl (C=O) groups excluding carboxylic acids is 2. The summed E-state index contributed by atoms with van der Waals surface area (Å²) in [6.45, 7) is 1.78. The zero-order chi connectivity index (χ0) is 15.0. The summed E-state index contributed by atoms with van der Waals surface area (Å²) >= 11 is 0. The fourth-order valence-electron chi connectivity index (χ4n) is 2.96. The van der Waals surface area contributed by atoms with E-state index in [-0.39, 0.29) is 12.3 Å². The molecule has 1 aliphatic heterocycles. The van der Waals surface area contributed by atoms with E-state index < -0.39 is 11.3 Å². The number of amides is 2. The van der Waals surface area contributed by atoms with Crippen molar-refractivity contribution in [2.24, 2.45) is 5.73 Å². The molecule has 106 valence electrons. The summed E-state index contributed by atoms with van der Waals surface area (Å²) < 4.78 is 0. The molecule has 0 fully saturated rings. The second-order valence-corrected chi connectivity index (χ2v) is 5.47. The zero-order valence-electron chi connectivity index (χ0n) is 11.7. The number of nitrogens with zero attached hydrogens (tertiary/aromatic N) is 1. The highest BCUT2D eigenvalue weighted by Crippen LogP contribution is 2.46. The summed E-state index contributed by atoms with van der Waals surface area (Å²) in [4.78, 5) is 26.0. The molecular weight excluding hydrogens is 264 g/mol. The molecule has 0 radical (unpaired) electrons. The molecule has 1 heterocycles. The smallest absolute Gasteiger partial charge is 0.242 e. The summed E-state index contributed by atoms with van der Waals surface area (Å²) in [5, 5.41) is 0. The van der Waals surface area contributed by atoms with Gasteiger partial charge in [-0.05, 0) is 30.7 Å². The summed E-state index contributed by atoms with van der Waals surface area (Å²) in [5.74, 6) is -0.593. The molecule has 2 amide bonds. The van der Waals surface area contributed by atoms with Crippen molar-refractivity contribution >= 4 is 23.2 Å². The van der Waals surface area contributed by atoms with E-state index in [2.05, 4.69) is 0 Å². The number of fused-ring (bicyclic) bond motifs is 1. The van der Waals surface area contributed by atoms with E-state index in [0.717, 1.165) is 16.9 Å². The maximum Gasteiger partial charge on any atom is 0.242 e. The Bertz CT molecular complexity index is 712. The average molecular weight is 280 g/mol. The van der Waals surface area contributed by atoms with E-state index in [0.29, 0.717) is 0 Å². The molecule has 0 aromatic heterocycles. The number of hydrogen-bond donors (Lipinski definition) is 1. The fourth-order valence-corrected chi connectivity index (χ4v) is 2.96. The molecular formula is C17H16N2O2. The molecule has 4 heteroatoms. The van der Waals surface area contributed by atoms with Crippen LogP contribution < -0.4 is 10.6 Å². The first kappa shape index (κ1) is 13.4. The maximum atomic E-state index is 12.9. The number of rotatable bonds is 3. The first-order valence-corrected chi connectivity index (χ1v) is 6.81. The van der Waals surface area contributed by atoms with E-state index in [1.807, 2.05) is 54.6 Å². The number of anilines is 2. The van der Waals surface area contributed by atoms with Crippen LogP contribution in [-0.4, -0.2) is 11.8 Å². The van der Waals surface area contributed by atoms with E-state index in [4.69, 9.17) is 5.73 Å². The number of carbonyl (C=O) groups is 2. The van der Waals surface area contributed by atoms with Crippen molar-refractivity contribution in [3.8, 4) is 0 Å². The number of nitrogens with two attached hydrogens (primary N) is 1. The van der Waals surface area contributed by atoms with E-state index in [1.165, 1.54) is 0 Å². The fraction of sp³-hybridized carbons (Fsp3) is 0.176. The quantitative estimate of drug-likeness (QED) is 0.938. The Morgan fingerprint density at radius 1 is 1.10 bits per heavy atom. The van der Waals surface area contributed by atoms with Gasteiger partial charge in [0.2, 0.25) is 11.8 Å². The predicted molar refractivity (Wildman–Crippen MR) is 81.2 cm³/mol. The lowest BCUT2D eigenvalue weighted by Crippen LogP contribution is -2.39. The second-order valence-electron chi connectivity index (χ2n) is 5.47. The summed E-state index contributed by atoms with van der Waals surface area (Å²) in [6, 6.07) is 17.0. The van der Waals surface area contributed by atoms with Gasteiger partial charge in [-0.3, -0.25) is 14.5 Å². The molecule has 1 unspecified atom stereocenters. The summed E-state index contributed by atoms with van der Waals surface area (Å²) in [5.41, 5.74) is 6.90. The average Bonchev–Trinajstić information content (AvgIpc) is 2.68. The highest BCUT2D eigenvalue weighted by Gasteiger charge is 2.48. The first-order valence-electron chi connectivity index (χ1n) is 6.81. The molecule has 0 spiro atoms. The monoisotopic (exact) mass is 280 g/mol. The number of primary amides is 1. The molecule has 1 aliphatic rings. The third-order valence-electron chi connectivity index (χ3n) is 3.96. The van der Waals surface area contributed by atoms with Crippen LogP contribution in [0.3, 0.4) is 0 Å². The Hall–Kier alpha value is -2.62. The summed E-state index contributed by atoms with van der Waals surface area (Å²) in [7, 11) is 0. The minimum atomic E-state index is -0.904. The largest absolute Gasteiger partial charge is 0.370 e. The SMILES string of the molecule is CC1(CC(N)=O)C(=O)N(c2ccccc2)c2ccccc21. The minimum Gasteiger partial charge on any atom is -0.370 e. The van der Waals surface area contributed by atoms with Crippen molar-refractivity contribution in [1.29, 1.82) is 0 Å². The van der Waals surface area contributed by atoms with Gasteiger partial charge in [-0.2, -0.15) is 0 Å². The number of para-hydroxylation sites is 2. The zero-order valence-corrected chi connectivity index (χ0v) is 11.7. The minimum absolute atomic E-state index is 0.00613. The van der Waals surface area contributed by atoms with Crippen molar-refractivity contribution in [3.63, 3.8) is 0 Å². The third-order valence-corrected chi connectivity index (χ3v) is 3.96. The lowest BCUT2D eigenvalue weighted by molar-refractivity contribution is -0.127. The van der Waals surface area contributed by atoms with Gasteiger partial charge in [0.25, 0.3) is 0 Å². The maximum absolute atomic E-state index is 12.9. The van der Waals surface area contributed by atoms with Crippen LogP contribution in [0.25, 0.3) is 0 Å². The predicted octanol–water partition coefficient (Wildman–Crippen LogP) is 2.50. The van der Waals surface area contributed by atoms with Gasteiger partial charge < -0.3 is 5.73 Å². The van der Waals surface area contributed by atoms with Gasteiger partial charge in [0.05, 0.1) is 11.1 Å². The van der Waals surface area contributed by atoms with Crippen LogP contribution in [0.4, 0.5) is 11.4 Å². The second kappa shape index (κ2) is 4.74. The third kappa shape index (κ3) is 2.00. The molecule has 2 aromatic rings. The lowest BCUT2D eigenvalue weighted by Gasteiger charge is -2.23. The van der Waals surface area contributed by atoms with Gasteiger partial charge in [-0.1, -0.05) is 36.4 Å². The molecule has 0 saturated carbocycles. The highest BCUT2D eigenvalue weighted by molar-refractivity contribution is 6.14. The van der Waals surface area contributed by atoms with Gasteiger partial charge >= 0.3 is 0 Å². The van der Waals surface area contributed by atoms with Crippen molar-refractivity contribution in [3.05, 3.63) is 60.2 Å². The molecule has 21 heavy (non-hydrogen) atoms. The molecule has 4 nitrogen and oxygen atoms in total.